The van der Waals surface area contributed by atoms with Crippen molar-refractivity contribution >= 4 is 16.7 Å². The summed E-state index contributed by atoms with van der Waals surface area (Å²) in [5.74, 6) is -1.74. The monoisotopic (exact) mass is 292 g/mol. The third-order valence-corrected chi connectivity index (χ3v) is 3.20. The van der Waals surface area contributed by atoms with Crippen molar-refractivity contribution in [3.63, 3.8) is 0 Å². The number of fused-ring (bicyclic) bond motifs is 1. The van der Waals surface area contributed by atoms with Crippen molar-refractivity contribution in [2.45, 2.75) is 6.92 Å². The maximum Gasteiger partial charge on any atom is 0.186 e. The molecule has 4 nitrogen and oxygen atoms in total. The van der Waals surface area contributed by atoms with E-state index in [2.05, 4.69) is 20.3 Å². The SMILES string of the molecule is CNc1nc(-c2c[nH]c3c(F)cc(F)cc23)nc(C)c1F. The number of hydrogen-bond acceptors (Lipinski definition) is 3. The van der Waals surface area contributed by atoms with Crippen molar-refractivity contribution in [3.05, 3.63) is 41.5 Å². The molecule has 3 aromatic rings. The molecule has 0 spiro atoms. The normalized spacial score (nSPS) is 11.1. The van der Waals surface area contributed by atoms with Crippen LogP contribution < -0.4 is 5.32 Å². The first-order chi connectivity index (χ1) is 10.0. The maximum atomic E-state index is 13.8. The van der Waals surface area contributed by atoms with Gasteiger partial charge in [-0.1, -0.05) is 0 Å². The van der Waals surface area contributed by atoms with Crippen LogP contribution in [0.2, 0.25) is 0 Å². The molecule has 0 atom stereocenters. The molecule has 2 aromatic heterocycles. The van der Waals surface area contributed by atoms with Gasteiger partial charge >= 0.3 is 0 Å². The van der Waals surface area contributed by atoms with Gasteiger partial charge in [-0.2, -0.15) is 0 Å². The summed E-state index contributed by atoms with van der Waals surface area (Å²) >= 11 is 0. The standard InChI is InChI=1S/C14H11F3N4/c1-6-11(17)14(18-2)21-13(20-6)9-5-19-12-8(9)3-7(15)4-10(12)16/h3-5,19H,1-2H3,(H,18,20,21). The van der Waals surface area contributed by atoms with Gasteiger partial charge < -0.3 is 10.3 Å². The van der Waals surface area contributed by atoms with Crippen LogP contribution in [0.4, 0.5) is 19.0 Å². The van der Waals surface area contributed by atoms with Crippen LogP contribution in [0.5, 0.6) is 0 Å². The highest BCUT2D eigenvalue weighted by Crippen LogP contribution is 2.30. The highest BCUT2D eigenvalue weighted by molar-refractivity contribution is 5.94. The van der Waals surface area contributed by atoms with Gasteiger partial charge in [0.1, 0.15) is 11.6 Å². The molecule has 0 unspecified atom stereocenters. The molecule has 0 amide bonds. The Kier molecular flexibility index (Phi) is 3.04. The van der Waals surface area contributed by atoms with E-state index in [4.69, 9.17) is 0 Å². The molecule has 21 heavy (non-hydrogen) atoms. The minimum Gasteiger partial charge on any atom is -0.371 e. The molecule has 0 saturated carbocycles. The van der Waals surface area contributed by atoms with Gasteiger partial charge in [0.2, 0.25) is 0 Å². The molecule has 1 aromatic carbocycles. The van der Waals surface area contributed by atoms with E-state index in [0.717, 1.165) is 6.07 Å². The van der Waals surface area contributed by atoms with Crippen LogP contribution in [0.1, 0.15) is 5.69 Å². The zero-order chi connectivity index (χ0) is 15.1. The predicted molar refractivity (Wildman–Crippen MR) is 73.5 cm³/mol. The summed E-state index contributed by atoms with van der Waals surface area (Å²) in [6.45, 7) is 1.50. The van der Waals surface area contributed by atoms with Crippen molar-refractivity contribution in [1.82, 2.24) is 15.0 Å². The van der Waals surface area contributed by atoms with Crippen LogP contribution in [0.25, 0.3) is 22.3 Å². The van der Waals surface area contributed by atoms with Crippen LogP contribution in [-0.4, -0.2) is 22.0 Å². The van der Waals surface area contributed by atoms with Gasteiger partial charge in [0.25, 0.3) is 0 Å². The van der Waals surface area contributed by atoms with Crippen LogP contribution in [0, 0.1) is 24.4 Å². The van der Waals surface area contributed by atoms with Crippen molar-refractivity contribution in [1.29, 1.82) is 0 Å². The molecule has 0 fully saturated rings. The third-order valence-electron chi connectivity index (χ3n) is 3.20. The quantitative estimate of drug-likeness (QED) is 0.761. The summed E-state index contributed by atoms with van der Waals surface area (Å²) in [5, 5.41) is 2.93. The Hall–Kier alpha value is -2.57. The zero-order valence-corrected chi connectivity index (χ0v) is 11.3. The molecule has 3 rings (SSSR count). The lowest BCUT2D eigenvalue weighted by Crippen LogP contribution is -2.03. The Morgan fingerprint density at radius 1 is 1.14 bits per heavy atom. The fourth-order valence-corrected chi connectivity index (χ4v) is 2.19. The maximum absolute atomic E-state index is 13.8. The van der Waals surface area contributed by atoms with Gasteiger partial charge in [0.15, 0.2) is 17.5 Å². The smallest absolute Gasteiger partial charge is 0.186 e. The molecule has 0 aliphatic rings. The summed E-state index contributed by atoms with van der Waals surface area (Å²) in [7, 11) is 1.53. The molecule has 0 saturated heterocycles. The number of aryl methyl sites for hydroxylation is 1. The van der Waals surface area contributed by atoms with E-state index in [1.165, 1.54) is 26.2 Å². The van der Waals surface area contributed by atoms with E-state index in [1.54, 1.807) is 0 Å². The number of H-pyrrole nitrogens is 1. The summed E-state index contributed by atoms with van der Waals surface area (Å²) in [4.78, 5) is 10.8. The van der Waals surface area contributed by atoms with Crippen LogP contribution in [-0.2, 0) is 0 Å². The highest BCUT2D eigenvalue weighted by Gasteiger charge is 2.16. The molecule has 0 aliphatic carbocycles. The number of anilines is 1. The lowest BCUT2D eigenvalue weighted by molar-refractivity contribution is 0.591. The second-order valence-corrected chi connectivity index (χ2v) is 4.56. The molecular weight excluding hydrogens is 281 g/mol. The first-order valence-corrected chi connectivity index (χ1v) is 6.19. The molecule has 0 bridgehead atoms. The van der Waals surface area contributed by atoms with Gasteiger partial charge in [0, 0.05) is 30.3 Å². The number of rotatable bonds is 2. The number of aromatic nitrogens is 3. The van der Waals surface area contributed by atoms with E-state index in [9.17, 15) is 13.2 Å². The van der Waals surface area contributed by atoms with E-state index < -0.39 is 17.5 Å². The minimum absolute atomic E-state index is 0.0312. The van der Waals surface area contributed by atoms with Crippen LogP contribution >= 0.6 is 0 Å². The van der Waals surface area contributed by atoms with Crippen molar-refractivity contribution in [2.24, 2.45) is 0 Å². The number of hydrogen-bond donors (Lipinski definition) is 2. The van der Waals surface area contributed by atoms with Gasteiger partial charge in [-0.25, -0.2) is 23.1 Å². The molecule has 2 N–H and O–H groups in total. The topological polar surface area (TPSA) is 53.6 Å². The molecular formula is C14H11F3N4. The van der Waals surface area contributed by atoms with Crippen LogP contribution in [0.15, 0.2) is 18.3 Å². The van der Waals surface area contributed by atoms with E-state index >= 15 is 0 Å². The van der Waals surface area contributed by atoms with Gasteiger partial charge in [-0.3, -0.25) is 0 Å². The highest BCUT2D eigenvalue weighted by atomic mass is 19.1. The number of halogens is 3. The molecule has 7 heteroatoms. The van der Waals surface area contributed by atoms with E-state index in [0.29, 0.717) is 10.9 Å². The fraction of sp³-hybridized carbons (Fsp3) is 0.143. The Balaban J connectivity index is 2.28. The van der Waals surface area contributed by atoms with E-state index in [-0.39, 0.29) is 22.9 Å². The zero-order valence-electron chi connectivity index (χ0n) is 11.3. The second-order valence-electron chi connectivity index (χ2n) is 4.56. The number of aromatic amines is 1. The predicted octanol–water partition coefficient (Wildman–Crippen LogP) is 3.39. The first kappa shape index (κ1) is 13.4. The summed E-state index contributed by atoms with van der Waals surface area (Å²) < 4.78 is 40.8. The summed E-state index contributed by atoms with van der Waals surface area (Å²) in [6.07, 6.45) is 1.47. The lowest BCUT2D eigenvalue weighted by Gasteiger charge is -2.06. The molecule has 0 aliphatic heterocycles. The third kappa shape index (κ3) is 2.10. The Labute approximate surface area is 118 Å². The fourth-order valence-electron chi connectivity index (χ4n) is 2.19. The molecule has 2 heterocycles. The molecule has 108 valence electrons. The average molecular weight is 292 g/mol. The summed E-state index contributed by atoms with van der Waals surface area (Å²) in [5.41, 5.74) is 0.710. The minimum atomic E-state index is -0.705. The van der Waals surface area contributed by atoms with Crippen molar-refractivity contribution in [2.75, 3.05) is 12.4 Å². The van der Waals surface area contributed by atoms with Crippen molar-refractivity contribution < 1.29 is 13.2 Å². The van der Waals surface area contributed by atoms with Gasteiger partial charge in [-0.15, -0.1) is 0 Å². The first-order valence-electron chi connectivity index (χ1n) is 6.19. The Bertz CT molecular complexity index is 842. The number of nitrogens with zero attached hydrogens (tertiary/aromatic N) is 2. The number of benzene rings is 1. The Morgan fingerprint density at radius 2 is 1.90 bits per heavy atom. The largest absolute Gasteiger partial charge is 0.371 e. The lowest BCUT2D eigenvalue weighted by atomic mass is 10.1. The number of nitrogens with one attached hydrogen (secondary N) is 2. The van der Waals surface area contributed by atoms with Crippen LogP contribution in [0.3, 0.4) is 0 Å². The second kappa shape index (κ2) is 4.76. The van der Waals surface area contributed by atoms with Crippen molar-refractivity contribution in [3.8, 4) is 11.4 Å². The average Bonchev–Trinajstić information content (AvgIpc) is 2.85. The Morgan fingerprint density at radius 3 is 2.62 bits per heavy atom. The van der Waals surface area contributed by atoms with E-state index in [1.807, 2.05) is 0 Å². The molecule has 0 radical (unpaired) electrons. The van der Waals surface area contributed by atoms with Gasteiger partial charge in [-0.05, 0) is 13.0 Å². The summed E-state index contributed by atoms with van der Waals surface area (Å²) in [6, 6.07) is 1.98. The van der Waals surface area contributed by atoms with Gasteiger partial charge in [0.05, 0.1) is 11.2 Å².